The van der Waals surface area contributed by atoms with Crippen LogP contribution in [0.25, 0.3) is 0 Å². The number of benzene rings is 1. The summed E-state index contributed by atoms with van der Waals surface area (Å²) in [6, 6.07) is 10.5. The minimum absolute atomic E-state index is 0.248. The lowest BCUT2D eigenvalue weighted by atomic mass is 10.0. The van der Waals surface area contributed by atoms with Gasteiger partial charge in [0.2, 0.25) is 6.41 Å². The van der Waals surface area contributed by atoms with Crippen molar-refractivity contribution in [2.75, 3.05) is 7.05 Å². The van der Waals surface area contributed by atoms with Crippen LogP contribution in [0.5, 0.6) is 0 Å². The molecule has 0 bridgehead atoms. The Bertz CT molecular complexity index is 419. The zero-order valence-electron chi connectivity index (χ0n) is 12.1. The summed E-state index contributed by atoms with van der Waals surface area (Å²) in [4.78, 5) is 10.7. The fourth-order valence-corrected chi connectivity index (χ4v) is 2.08. The van der Waals surface area contributed by atoms with E-state index in [0.29, 0.717) is 6.41 Å². The predicted octanol–water partition coefficient (Wildman–Crippen LogP) is 0.689. The molecule has 5 heteroatoms. The van der Waals surface area contributed by atoms with E-state index in [1.165, 1.54) is 11.8 Å². The molecular weight excluding hydrogens is 252 g/mol. The minimum Gasteiger partial charge on any atom is -0.403 e. The second kappa shape index (κ2) is 8.98. The van der Waals surface area contributed by atoms with Gasteiger partial charge in [0.05, 0.1) is 5.70 Å². The highest BCUT2D eigenvalue weighted by atomic mass is 16.1. The lowest BCUT2D eigenvalue weighted by Gasteiger charge is -2.26. The molecule has 1 amide bonds. The van der Waals surface area contributed by atoms with Crippen molar-refractivity contribution in [3.63, 3.8) is 0 Å². The summed E-state index contributed by atoms with van der Waals surface area (Å²) in [6.07, 6.45) is 3.68. The van der Waals surface area contributed by atoms with Gasteiger partial charge >= 0.3 is 0 Å². The van der Waals surface area contributed by atoms with Crippen LogP contribution < -0.4 is 21.7 Å². The largest absolute Gasteiger partial charge is 0.403 e. The Balaban J connectivity index is 2.71. The third kappa shape index (κ3) is 4.93. The van der Waals surface area contributed by atoms with Crippen molar-refractivity contribution in [2.45, 2.75) is 32.0 Å². The Kier molecular flexibility index (Phi) is 7.21. The molecule has 0 saturated heterocycles. The number of carbonyl (C=O) groups is 1. The van der Waals surface area contributed by atoms with Crippen LogP contribution in [0.4, 0.5) is 0 Å². The molecule has 2 atom stereocenters. The molecule has 1 rings (SSSR count). The summed E-state index contributed by atoms with van der Waals surface area (Å²) < 4.78 is 0. The van der Waals surface area contributed by atoms with Crippen molar-refractivity contribution in [1.29, 1.82) is 0 Å². The van der Waals surface area contributed by atoms with Crippen molar-refractivity contribution >= 4 is 6.41 Å². The van der Waals surface area contributed by atoms with Gasteiger partial charge in [0, 0.05) is 19.3 Å². The first-order chi connectivity index (χ1) is 9.74. The molecule has 5 nitrogen and oxygen atoms in total. The Hall–Kier alpha value is -2.01. The highest BCUT2D eigenvalue weighted by molar-refractivity contribution is 5.47. The second-order valence-electron chi connectivity index (χ2n) is 4.55. The highest BCUT2D eigenvalue weighted by Gasteiger charge is 2.16. The third-order valence-corrected chi connectivity index (χ3v) is 3.23. The summed E-state index contributed by atoms with van der Waals surface area (Å²) in [5.41, 5.74) is 7.57. The molecule has 1 aromatic rings. The van der Waals surface area contributed by atoms with Crippen LogP contribution in [0.1, 0.15) is 18.9 Å². The molecular formula is C15H24N4O. The van der Waals surface area contributed by atoms with Gasteiger partial charge in [-0.2, -0.15) is 0 Å². The molecule has 1 aromatic carbocycles. The van der Waals surface area contributed by atoms with Crippen LogP contribution >= 0.6 is 0 Å². The van der Waals surface area contributed by atoms with Gasteiger partial charge in [-0.05, 0) is 18.4 Å². The van der Waals surface area contributed by atoms with Crippen LogP contribution in [-0.4, -0.2) is 25.7 Å². The molecule has 0 radical (unpaired) electrons. The maximum atomic E-state index is 10.7. The van der Waals surface area contributed by atoms with Gasteiger partial charge in [0.15, 0.2) is 0 Å². The molecule has 0 aliphatic carbocycles. The number of carbonyl (C=O) groups excluding carboxylic acids is 1. The molecule has 0 aliphatic rings. The number of amides is 1. The van der Waals surface area contributed by atoms with E-state index in [-0.39, 0.29) is 12.2 Å². The van der Waals surface area contributed by atoms with E-state index >= 15 is 0 Å². The van der Waals surface area contributed by atoms with E-state index in [2.05, 4.69) is 35.0 Å². The molecule has 2 unspecified atom stereocenters. The van der Waals surface area contributed by atoms with Crippen molar-refractivity contribution in [1.82, 2.24) is 16.0 Å². The van der Waals surface area contributed by atoms with Crippen LogP contribution in [0.3, 0.4) is 0 Å². The predicted molar refractivity (Wildman–Crippen MR) is 81.7 cm³/mol. The van der Waals surface area contributed by atoms with Gasteiger partial charge < -0.3 is 16.4 Å². The number of rotatable bonds is 9. The van der Waals surface area contributed by atoms with Gasteiger partial charge in [0.25, 0.3) is 0 Å². The minimum atomic E-state index is -0.309. The van der Waals surface area contributed by atoms with Gasteiger partial charge in [-0.25, -0.2) is 0 Å². The second-order valence-corrected chi connectivity index (χ2v) is 4.55. The molecule has 20 heavy (non-hydrogen) atoms. The van der Waals surface area contributed by atoms with Crippen LogP contribution in [0.2, 0.25) is 0 Å². The maximum Gasteiger partial charge on any atom is 0.208 e. The summed E-state index contributed by atoms with van der Waals surface area (Å²) in [5.74, 6) is 0. The smallest absolute Gasteiger partial charge is 0.208 e. The number of hydrogen-bond acceptors (Lipinski definition) is 4. The van der Waals surface area contributed by atoms with Gasteiger partial charge in [-0.15, -0.1) is 0 Å². The SMILES string of the molecule is CCC(Cc1ccccc1)NC(NC=O)/C(=C\N)NC. The van der Waals surface area contributed by atoms with Crippen LogP contribution in [0.15, 0.2) is 42.2 Å². The number of hydrogen-bond donors (Lipinski definition) is 4. The normalized spacial score (nSPS) is 14.4. The standard InChI is InChI=1S/C15H24N4O/c1-3-13(9-12-7-5-4-6-8-12)19-15(18-11-20)14(10-16)17-2/h4-8,10-11,13,15,17,19H,3,9,16H2,1-2H3,(H,18,20)/b14-10+. The summed E-state index contributed by atoms with van der Waals surface area (Å²) in [6.45, 7) is 2.11. The van der Waals surface area contributed by atoms with Gasteiger partial charge in [-0.3, -0.25) is 10.1 Å². The van der Waals surface area contributed by atoms with Crippen molar-refractivity contribution in [3.05, 3.63) is 47.8 Å². The first kappa shape index (κ1) is 16.0. The average molecular weight is 276 g/mol. The van der Waals surface area contributed by atoms with Crippen molar-refractivity contribution in [3.8, 4) is 0 Å². The Labute approximate surface area is 120 Å². The highest BCUT2D eigenvalue weighted by Crippen LogP contribution is 2.07. The lowest BCUT2D eigenvalue weighted by molar-refractivity contribution is -0.110. The molecule has 0 spiro atoms. The van der Waals surface area contributed by atoms with E-state index in [1.807, 2.05) is 18.2 Å². The van der Waals surface area contributed by atoms with Gasteiger partial charge in [-0.1, -0.05) is 37.3 Å². The Morgan fingerprint density at radius 1 is 1.35 bits per heavy atom. The quantitative estimate of drug-likeness (QED) is 0.395. The molecule has 0 fully saturated rings. The fraction of sp³-hybridized carbons (Fsp3) is 0.400. The van der Waals surface area contributed by atoms with E-state index in [0.717, 1.165) is 18.5 Å². The summed E-state index contributed by atoms with van der Waals surface area (Å²) in [5, 5.41) is 9.12. The van der Waals surface area contributed by atoms with E-state index in [4.69, 9.17) is 5.73 Å². The molecule has 0 heterocycles. The Morgan fingerprint density at radius 2 is 2.05 bits per heavy atom. The van der Waals surface area contributed by atoms with E-state index in [1.54, 1.807) is 7.05 Å². The number of likely N-dealkylation sites (N-methyl/N-ethyl adjacent to an activating group) is 1. The van der Waals surface area contributed by atoms with Gasteiger partial charge in [0.1, 0.15) is 6.17 Å². The lowest BCUT2D eigenvalue weighted by Crippen LogP contribution is -2.51. The average Bonchev–Trinajstić information content (AvgIpc) is 2.49. The molecule has 0 aromatic heterocycles. The molecule has 0 aliphatic heterocycles. The zero-order chi connectivity index (χ0) is 14.8. The summed E-state index contributed by atoms with van der Waals surface area (Å²) in [7, 11) is 1.78. The molecule has 0 saturated carbocycles. The van der Waals surface area contributed by atoms with Crippen molar-refractivity contribution in [2.24, 2.45) is 5.73 Å². The maximum absolute atomic E-state index is 10.7. The third-order valence-electron chi connectivity index (χ3n) is 3.23. The van der Waals surface area contributed by atoms with E-state index < -0.39 is 0 Å². The first-order valence-corrected chi connectivity index (χ1v) is 6.84. The molecule has 5 N–H and O–H groups in total. The van der Waals surface area contributed by atoms with Crippen LogP contribution in [-0.2, 0) is 11.2 Å². The van der Waals surface area contributed by atoms with Crippen LogP contribution in [0, 0.1) is 0 Å². The summed E-state index contributed by atoms with van der Waals surface area (Å²) >= 11 is 0. The topological polar surface area (TPSA) is 79.2 Å². The van der Waals surface area contributed by atoms with Crippen molar-refractivity contribution < 1.29 is 4.79 Å². The van der Waals surface area contributed by atoms with E-state index in [9.17, 15) is 4.79 Å². The monoisotopic (exact) mass is 276 g/mol. The molecule has 110 valence electrons. The number of nitrogens with two attached hydrogens (primary N) is 1. The number of nitrogens with one attached hydrogen (secondary N) is 3. The Morgan fingerprint density at radius 3 is 2.55 bits per heavy atom. The fourth-order valence-electron chi connectivity index (χ4n) is 2.08. The zero-order valence-corrected chi connectivity index (χ0v) is 12.1. The first-order valence-electron chi connectivity index (χ1n) is 6.84.